The van der Waals surface area contributed by atoms with Crippen LogP contribution in [0.15, 0.2) is 30.3 Å². The van der Waals surface area contributed by atoms with Crippen molar-refractivity contribution in [3.8, 4) is 0 Å². The summed E-state index contributed by atoms with van der Waals surface area (Å²) in [5.74, 6) is -5.42. The lowest BCUT2D eigenvalue weighted by Crippen LogP contribution is -2.61. The lowest BCUT2D eigenvalue weighted by Gasteiger charge is -2.30. The number of nitrogens with two attached hydrogens (primary N) is 2. The molecule has 0 bridgehead atoms. The number of carboxylic acids is 1. The van der Waals surface area contributed by atoms with E-state index in [2.05, 4.69) is 26.6 Å². The average Bonchev–Trinajstić information content (AvgIpc) is 3.07. The molecule has 0 fully saturated rings. The number of benzene rings is 1. The van der Waals surface area contributed by atoms with Crippen LogP contribution in [0.1, 0.15) is 79.2 Å². The van der Waals surface area contributed by atoms with Crippen molar-refractivity contribution in [3.63, 3.8) is 0 Å². The highest BCUT2D eigenvalue weighted by molar-refractivity contribution is 5.96. The number of hydrogen-bond donors (Lipinski definition) is 9. The second-order valence-electron chi connectivity index (χ2n) is 13.5. The van der Waals surface area contributed by atoms with E-state index in [0.29, 0.717) is 31.4 Å². The zero-order chi connectivity index (χ0) is 38.0. The summed E-state index contributed by atoms with van der Waals surface area (Å²) in [7, 11) is 0. The number of aliphatic hydroxyl groups is 1. The van der Waals surface area contributed by atoms with Crippen molar-refractivity contribution >= 4 is 35.5 Å². The molecule has 11 N–H and O–H groups in total. The topological polar surface area (TPSA) is 255 Å². The van der Waals surface area contributed by atoms with Crippen LogP contribution in [-0.4, -0.2) is 95.1 Å². The van der Waals surface area contributed by atoms with E-state index in [1.807, 2.05) is 20.8 Å². The number of aliphatic carboxylic acids is 1. The Morgan fingerprint density at radius 1 is 0.720 bits per heavy atom. The van der Waals surface area contributed by atoms with Crippen LogP contribution >= 0.6 is 0 Å². The molecule has 0 saturated carbocycles. The van der Waals surface area contributed by atoms with E-state index in [1.54, 1.807) is 51.1 Å². The molecule has 7 unspecified atom stereocenters. The van der Waals surface area contributed by atoms with Gasteiger partial charge in [-0.3, -0.25) is 24.0 Å². The van der Waals surface area contributed by atoms with Crippen molar-refractivity contribution in [1.29, 1.82) is 0 Å². The van der Waals surface area contributed by atoms with Crippen molar-refractivity contribution < 1.29 is 39.0 Å². The zero-order valence-corrected chi connectivity index (χ0v) is 30.2. The van der Waals surface area contributed by atoms with E-state index in [4.69, 9.17) is 11.5 Å². The van der Waals surface area contributed by atoms with Gasteiger partial charge in [0.2, 0.25) is 29.5 Å². The number of carbonyl (C=O) groups is 6. The first-order valence-corrected chi connectivity index (χ1v) is 17.4. The van der Waals surface area contributed by atoms with Crippen LogP contribution in [0.5, 0.6) is 0 Å². The Morgan fingerprint density at radius 3 is 1.78 bits per heavy atom. The van der Waals surface area contributed by atoms with Crippen LogP contribution < -0.4 is 38.1 Å². The van der Waals surface area contributed by atoms with Gasteiger partial charge in [-0.25, -0.2) is 4.79 Å². The molecule has 50 heavy (non-hydrogen) atoms. The average molecular weight is 706 g/mol. The van der Waals surface area contributed by atoms with Gasteiger partial charge in [0.15, 0.2) is 0 Å². The number of rotatable bonds is 23. The van der Waals surface area contributed by atoms with Crippen molar-refractivity contribution in [3.05, 3.63) is 35.9 Å². The van der Waals surface area contributed by atoms with Gasteiger partial charge in [0, 0.05) is 6.42 Å². The second kappa shape index (κ2) is 22.6. The van der Waals surface area contributed by atoms with Gasteiger partial charge in [-0.2, -0.15) is 0 Å². The molecular formula is C35H59N7O8. The molecule has 0 heterocycles. The van der Waals surface area contributed by atoms with Gasteiger partial charge in [0.25, 0.3) is 0 Å². The SMILES string of the molecule is CCC(C)C(NC(=O)C(NC(=O)C(CCCCN)NC(=O)C(N)CO)C(C)C)C(=O)NC(CC(C)C)C(=O)NC(Cc1ccccc1)C(=O)O. The minimum absolute atomic E-state index is 0.0456. The largest absolute Gasteiger partial charge is 0.480 e. The number of amides is 5. The Labute approximate surface area is 295 Å². The van der Waals surface area contributed by atoms with Crippen molar-refractivity contribution in [2.45, 2.75) is 116 Å². The summed E-state index contributed by atoms with van der Waals surface area (Å²) >= 11 is 0. The fourth-order valence-corrected chi connectivity index (χ4v) is 5.14. The van der Waals surface area contributed by atoms with Crippen LogP contribution in [0.2, 0.25) is 0 Å². The van der Waals surface area contributed by atoms with Gasteiger partial charge >= 0.3 is 5.97 Å². The monoisotopic (exact) mass is 705 g/mol. The van der Waals surface area contributed by atoms with E-state index in [0.717, 1.165) is 0 Å². The number of hydrogen-bond acceptors (Lipinski definition) is 9. The summed E-state index contributed by atoms with van der Waals surface area (Å²) < 4.78 is 0. The quantitative estimate of drug-likeness (QED) is 0.0686. The molecule has 15 heteroatoms. The van der Waals surface area contributed by atoms with Crippen LogP contribution in [0.3, 0.4) is 0 Å². The third kappa shape index (κ3) is 15.2. The minimum atomic E-state index is -1.24. The standard InChI is InChI=1S/C35H59N7O8/c1-7-22(6)29(34(48)39-26(17-20(2)3)32(46)40-27(35(49)50)18-23-13-9-8-10-14-23)42-33(47)28(21(4)5)41-31(45)25(15-11-12-16-36)38-30(44)24(37)19-43/h8-10,13-14,20-22,24-29,43H,7,11-12,15-19,36-37H2,1-6H3,(H,38,44)(H,39,48)(H,40,46)(H,41,45)(H,42,47)(H,49,50). The van der Waals surface area contributed by atoms with Crippen LogP contribution in [0.4, 0.5) is 0 Å². The zero-order valence-electron chi connectivity index (χ0n) is 30.2. The van der Waals surface area contributed by atoms with Gasteiger partial charge in [-0.15, -0.1) is 0 Å². The number of unbranched alkanes of at least 4 members (excludes halogenated alkanes) is 1. The highest BCUT2D eigenvalue weighted by atomic mass is 16.4. The van der Waals surface area contributed by atoms with Gasteiger partial charge in [-0.05, 0) is 55.5 Å². The predicted octanol–water partition coefficient (Wildman–Crippen LogP) is -0.0655. The molecule has 0 aromatic heterocycles. The molecule has 1 aromatic carbocycles. The smallest absolute Gasteiger partial charge is 0.326 e. The molecule has 0 aliphatic rings. The maximum Gasteiger partial charge on any atom is 0.326 e. The number of nitrogens with one attached hydrogen (secondary N) is 5. The van der Waals surface area contributed by atoms with Gasteiger partial charge < -0.3 is 48.3 Å². The fraction of sp³-hybridized carbons (Fsp3) is 0.657. The van der Waals surface area contributed by atoms with E-state index in [1.165, 1.54) is 0 Å². The molecule has 0 radical (unpaired) electrons. The normalized spacial score (nSPS) is 15.5. The predicted molar refractivity (Wildman–Crippen MR) is 189 cm³/mol. The first kappa shape index (κ1) is 43.9. The maximum absolute atomic E-state index is 13.8. The lowest BCUT2D eigenvalue weighted by atomic mass is 9.95. The summed E-state index contributed by atoms with van der Waals surface area (Å²) in [6, 6.07) is 2.03. The third-order valence-corrected chi connectivity index (χ3v) is 8.39. The summed E-state index contributed by atoms with van der Waals surface area (Å²) in [5.41, 5.74) is 11.9. The molecule has 0 saturated heterocycles. The first-order chi connectivity index (χ1) is 23.6. The summed E-state index contributed by atoms with van der Waals surface area (Å²) in [6.45, 7) is 10.5. The highest BCUT2D eigenvalue weighted by Crippen LogP contribution is 2.14. The Balaban J connectivity index is 3.20. The molecule has 15 nitrogen and oxygen atoms in total. The highest BCUT2D eigenvalue weighted by Gasteiger charge is 2.35. The van der Waals surface area contributed by atoms with Gasteiger partial charge in [0.05, 0.1) is 6.61 Å². The molecule has 5 amide bonds. The lowest BCUT2D eigenvalue weighted by molar-refractivity contribution is -0.142. The van der Waals surface area contributed by atoms with E-state index < -0.39 is 90.2 Å². The summed E-state index contributed by atoms with van der Waals surface area (Å²) in [5, 5.41) is 32.4. The molecule has 0 aliphatic carbocycles. The second-order valence-corrected chi connectivity index (χ2v) is 13.5. The molecule has 1 aromatic rings. The summed E-state index contributed by atoms with van der Waals surface area (Å²) in [6.07, 6.45) is 2.04. The Hall–Kier alpha value is -4.08. The van der Waals surface area contributed by atoms with E-state index >= 15 is 0 Å². The van der Waals surface area contributed by atoms with Crippen LogP contribution in [-0.2, 0) is 35.2 Å². The first-order valence-electron chi connectivity index (χ1n) is 17.4. The molecule has 282 valence electrons. The van der Waals surface area contributed by atoms with Crippen LogP contribution in [0.25, 0.3) is 0 Å². The molecule has 1 rings (SSSR count). The molecule has 7 atom stereocenters. The van der Waals surface area contributed by atoms with Gasteiger partial charge in [0.1, 0.15) is 36.3 Å². The number of carbonyl (C=O) groups excluding carboxylic acids is 5. The number of aliphatic hydroxyl groups excluding tert-OH is 1. The van der Waals surface area contributed by atoms with Crippen molar-refractivity contribution in [1.82, 2.24) is 26.6 Å². The van der Waals surface area contributed by atoms with E-state index in [-0.39, 0.29) is 25.2 Å². The van der Waals surface area contributed by atoms with Crippen molar-refractivity contribution in [2.75, 3.05) is 13.2 Å². The maximum atomic E-state index is 13.8. The van der Waals surface area contributed by atoms with E-state index in [9.17, 15) is 39.0 Å². The van der Waals surface area contributed by atoms with Crippen LogP contribution in [0, 0.1) is 17.8 Å². The fourth-order valence-electron chi connectivity index (χ4n) is 5.14. The molecule has 0 aliphatic heterocycles. The Bertz CT molecular complexity index is 1250. The Morgan fingerprint density at radius 2 is 1.26 bits per heavy atom. The van der Waals surface area contributed by atoms with Gasteiger partial charge in [-0.1, -0.05) is 78.3 Å². The third-order valence-electron chi connectivity index (χ3n) is 8.39. The Kier molecular flexibility index (Phi) is 19.9. The molecule has 0 spiro atoms. The summed E-state index contributed by atoms with van der Waals surface area (Å²) in [4.78, 5) is 78.7. The van der Waals surface area contributed by atoms with Crippen molar-refractivity contribution in [2.24, 2.45) is 29.2 Å². The number of carboxylic acid groups (broad SMARTS) is 1. The minimum Gasteiger partial charge on any atom is -0.480 e. The molecular weight excluding hydrogens is 646 g/mol.